The number of hydrogen-bond donors (Lipinski definition) is 4. The molecule has 5 N–H and O–H groups in total. The zero-order valence-electron chi connectivity index (χ0n) is 15.3. The lowest BCUT2D eigenvalue weighted by atomic mass is 9.67. The Morgan fingerprint density at radius 1 is 1.07 bits per heavy atom. The van der Waals surface area contributed by atoms with Crippen LogP contribution in [-0.4, -0.2) is 44.9 Å². The Kier molecular flexibility index (Phi) is 6.56. The molecule has 29 heavy (non-hydrogen) atoms. The Morgan fingerprint density at radius 3 is 2.07 bits per heavy atom. The van der Waals surface area contributed by atoms with Crippen molar-refractivity contribution in [3.63, 3.8) is 0 Å². The van der Waals surface area contributed by atoms with Gasteiger partial charge in [-0.1, -0.05) is 30.3 Å². The van der Waals surface area contributed by atoms with Crippen molar-refractivity contribution in [2.24, 2.45) is 29.4 Å². The summed E-state index contributed by atoms with van der Waals surface area (Å²) in [6, 6.07) is 10.1. The Labute approximate surface area is 164 Å². The van der Waals surface area contributed by atoms with Gasteiger partial charge in [0, 0.05) is 0 Å². The lowest BCUT2D eigenvalue weighted by molar-refractivity contribution is -0.192. The Morgan fingerprint density at radius 2 is 1.62 bits per heavy atom. The molecule has 0 aliphatic heterocycles. The van der Waals surface area contributed by atoms with Crippen LogP contribution in [0, 0.1) is 23.7 Å². The zero-order chi connectivity index (χ0) is 22.0. The van der Waals surface area contributed by atoms with Gasteiger partial charge in [-0.2, -0.15) is 13.2 Å². The molecule has 2 fully saturated rings. The van der Waals surface area contributed by atoms with Gasteiger partial charge in [-0.3, -0.25) is 9.59 Å². The van der Waals surface area contributed by atoms with Gasteiger partial charge in [0.05, 0.1) is 5.92 Å². The van der Waals surface area contributed by atoms with E-state index in [-0.39, 0.29) is 17.8 Å². The second-order valence-electron chi connectivity index (χ2n) is 7.48. The quantitative estimate of drug-likeness (QED) is 0.577. The number of alkyl halides is 3. The fraction of sp³-hybridized carbons (Fsp3) is 0.526. The topological polar surface area (TPSA) is 138 Å². The monoisotopic (exact) mass is 417 g/mol. The molecule has 0 heterocycles. The summed E-state index contributed by atoms with van der Waals surface area (Å²) < 4.78 is 31.7. The first-order chi connectivity index (χ1) is 13.4. The second-order valence-corrected chi connectivity index (χ2v) is 7.48. The molecule has 0 saturated heterocycles. The molecular weight excluding hydrogens is 395 g/mol. The van der Waals surface area contributed by atoms with Crippen molar-refractivity contribution in [1.29, 1.82) is 0 Å². The van der Waals surface area contributed by atoms with E-state index < -0.39 is 35.5 Å². The average molecular weight is 417 g/mol. The third kappa shape index (κ3) is 4.69. The van der Waals surface area contributed by atoms with Crippen LogP contribution >= 0.6 is 0 Å². The van der Waals surface area contributed by atoms with Crippen molar-refractivity contribution in [2.75, 3.05) is 0 Å². The first kappa shape index (κ1) is 22.7. The van der Waals surface area contributed by atoms with Crippen molar-refractivity contribution in [3.8, 4) is 0 Å². The third-order valence-electron chi connectivity index (χ3n) is 5.86. The Hall–Kier alpha value is -2.62. The molecule has 0 spiro atoms. The number of carboxylic acids is 3. The van der Waals surface area contributed by atoms with Crippen LogP contribution in [0.15, 0.2) is 30.3 Å². The van der Waals surface area contributed by atoms with Crippen molar-refractivity contribution >= 4 is 17.9 Å². The van der Waals surface area contributed by atoms with E-state index in [0.717, 1.165) is 19.3 Å². The van der Waals surface area contributed by atoms with E-state index in [4.69, 9.17) is 15.6 Å². The Balaban J connectivity index is 0.000000370. The number of carbonyl (C=O) groups is 3. The summed E-state index contributed by atoms with van der Waals surface area (Å²) in [7, 11) is 0. The van der Waals surface area contributed by atoms with Crippen LogP contribution in [0.2, 0.25) is 0 Å². The zero-order valence-corrected chi connectivity index (χ0v) is 15.3. The molecule has 1 aromatic carbocycles. The van der Waals surface area contributed by atoms with Gasteiger partial charge < -0.3 is 21.1 Å². The summed E-state index contributed by atoms with van der Waals surface area (Å²) in [6.45, 7) is 0. The van der Waals surface area contributed by atoms with E-state index >= 15 is 0 Å². The highest BCUT2D eigenvalue weighted by Crippen LogP contribution is 2.57. The predicted molar refractivity (Wildman–Crippen MR) is 93.8 cm³/mol. The van der Waals surface area contributed by atoms with Gasteiger partial charge in [-0.15, -0.1) is 0 Å². The maximum absolute atomic E-state index is 11.7. The summed E-state index contributed by atoms with van der Waals surface area (Å²) in [4.78, 5) is 32.0. The van der Waals surface area contributed by atoms with E-state index in [2.05, 4.69) is 12.1 Å². The highest BCUT2D eigenvalue weighted by molar-refractivity contribution is 5.88. The summed E-state index contributed by atoms with van der Waals surface area (Å²) in [5.41, 5.74) is 5.72. The van der Waals surface area contributed by atoms with Crippen molar-refractivity contribution < 1.29 is 42.9 Å². The van der Waals surface area contributed by atoms with Crippen LogP contribution in [0.25, 0.3) is 0 Å². The van der Waals surface area contributed by atoms with Gasteiger partial charge in [0.25, 0.3) is 0 Å². The first-order valence-corrected chi connectivity index (χ1v) is 8.98. The predicted octanol–water partition coefficient (Wildman–Crippen LogP) is 2.39. The summed E-state index contributed by atoms with van der Waals surface area (Å²) in [5.74, 6) is -6.10. The maximum Gasteiger partial charge on any atom is 0.490 e. The lowest BCUT2D eigenvalue weighted by Gasteiger charge is -2.39. The summed E-state index contributed by atoms with van der Waals surface area (Å²) >= 11 is 0. The van der Waals surface area contributed by atoms with E-state index in [1.807, 2.05) is 18.2 Å². The van der Waals surface area contributed by atoms with Crippen LogP contribution in [0.1, 0.15) is 24.8 Å². The Bertz CT molecular complexity index is 769. The van der Waals surface area contributed by atoms with Crippen LogP contribution in [0.5, 0.6) is 0 Å². The molecular formula is C19H22F3NO6. The fourth-order valence-electron chi connectivity index (χ4n) is 4.66. The van der Waals surface area contributed by atoms with Crippen LogP contribution < -0.4 is 5.73 Å². The van der Waals surface area contributed by atoms with E-state index in [1.54, 1.807) is 0 Å². The van der Waals surface area contributed by atoms with Gasteiger partial charge in [0.15, 0.2) is 0 Å². The molecule has 3 rings (SSSR count). The minimum Gasteiger partial charge on any atom is -0.481 e. The number of benzene rings is 1. The van der Waals surface area contributed by atoms with Crippen LogP contribution in [0.4, 0.5) is 13.2 Å². The normalized spacial score (nSPS) is 30.3. The number of nitrogens with two attached hydrogens (primary N) is 1. The van der Waals surface area contributed by atoms with Crippen molar-refractivity contribution in [1.82, 2.24) is 0 Å². The second kappa shape index (κ2) is 8.40. The van der Waals surface area contributed by atoms with Gasteiger partial charge in [-0.05, 0) is 49.0 Å². The fourth-order valence-corrected chi connectivity index (χ4v) is 4.66. The minimum atomic E-state index is -5.08. The van der Waals surface area contributed by atoms with Crippen molar-refractivity contribution in [3.05, 3.63) is 35.9 Å². The number of carboxylic acid groups (broad SMARTS) is 3. The average Bonchev–Trinajstić information content (AvgIpc) is 3.16. The smallest absolute Gasteiger partial charge is 0.481 e. The molecule has 2 aliphatic rings. The first-order valence-electron chi connectivity index (χ1n) is 8.98. The lowest BCUT2D eigenvalue weighted by Crippen LogP contribution is -2.62. The number of aliphatic carboxylic acids is 3. The number of halogens is 3. The van der Waals surface area contributed by atoms with Gasteiger partial charge in [-0.25, -0.2) is 4.79 Å². The molecule has 10 heteroatoms. The highest BCUT2D eigenvalue weighted by Gasteiger charge is 2.66. The summed E-state index contributed by atoms with van der Waals surface area (Å²) in [6.07, 6.45) is -1.94. The van der Waals surface area contributed by atoms with Crippen LogP contribution in [-0.2, 0) is 20.8 Å². The van der Waals surface area contributed by atoms with Gasteiger partial charge >= 0.3 is 24.1 Å². The standard InChI is InChI=1S/C17H21NO4.C2HF3O2/c18-17(16(21)22)13-9-12(14(17)15(19)20)8-11(13)7-6-10-4-2-1-3-5-10;3-2(4,5)1(6)7/h1-5,11-14H,6-9,18H2,(H,19,20)(H,21,22);(H,6,7)/t11-,12+,13?,14-,17-;/m1./s1. The molecule has 0 aromatic heterocycles. The van der Waals surface area contributed by atoms with Crippen LogP contribution in [0.3, 0.4) is 0 Å². The van der Waals surface area contributed by atoms with E-state index in [1.165, 1.54) is 5.56 Å². The SMILES string of the molecule is N[C@]1(C(=O)O)C2C[C@H](C[C@H]2CCc2ccccc2)[C@@H]1C(=O)O.O=C(O)C(F)(F)F. The van der Waals surface area contributed by atoms with Crippen molar-refractivity contribution in [2.45, 2.75) is 37.4 Å². The van der Waals surface area contributed by atoms with E-state index in [0.29, 0.717) is 6.42 Å². The molecule has 1 aromatic rings. The van der Waals surface area contributed by atoms with Gasteiger partial charge in [0.2, 0.25) is 0 Å². The number of fused-ring (bicyclic) bond motifs is 2. The number of aryl methyl sites for hydroxylation is 1. The molecule has 160 valence electrons. The molecule has 2 saturated carbocycles. The third-order valence-corrected chi connectivity index (χ3v) is 5.86. The molecule has 2 aliphatic carbocycles. The molecule has 1 unspecified atom stereocenters. The molecule has 2 bridgehead atoms. The largest absolute Gasteiger partial charge is 0.490 e. The minimum absolute atomic E-state index is 0.107. The highest BCUT2D eigenvalue weighted by atomic mass is 19.4. The molecule has 0 radical (unpaired) electrons. The number of rotatable bonds is 5. The molecule has 0 amide bonds. The molecule has 5 atom stereocenters. The summed E-state index contributed by atoms with van der Waals surface area (Å²) in [5, 5.41) is 26.0. The van der Waals surface area contributed by atoms with Gasteiger partial charge in [0.1, 0.15) is 5.54 Å². The van der Waals surface area contributed by atoms with E-state index in [9.17, 15) is 33.0 Å². The maximum atomic E-state index is 11.7. The molecule has 7 nitrogen and oxygen atoms in total. The number of hydrogen-bond acceptors (Lipinski definition) is 4.